The quantitative estimate of drug-likeness (QED) is 0.271. The van der Waals surface area contributed by atoms with Crippen LogP contribution in [-0.4, -0.2) is 17.8 Å². The second kappa shape index (κ2) is 8.72. The van der Waals surface area contributed by atoms with Gasteiger partial charge >= 0.3 is 6.18 Å². The molecule has 1 unspecified atom stereocenters. The third kappa shape index (κ3) is 4.73. The number of alkyl halides is 3. The van der Waals surface area contributed by atoms with E-state index in [1.165, 1.54) is 25.1 Å². The van der Waals surface area contributed by atoms with Gasteiger partial charge in [0.2, 0.25) is 0 Å². The predicted octanol–water partition coefficient (Wildman–Crippen LogP) is 7.01. The van der Waals surface area contributed by atoms with Gasteiger partial charge in [0, 0.05) is 17.7 Å². The molecule has 2 heterocycles. The Bertz CT molecular complexity index is 1400. The number of hydrogen-bond donors (Lipinski definition) is 4. The standard InChI is InChI=1S/C26H23ClF4N4O2/c1-12-9-13(26(29,30)31)7-8-18(12)32-23(36)14-10-19-20(15-11-25(2,3)37-22(14)15)34-24(33-19)35-21-16(27)5-4-6-17(21)28/h4-10,24,33-35H,11H2,1-3H3,(H,32,36). The topological polar surface area (TPSA) is 74.4 Å². The van der Waals surface area contributed by atoms with Gasteiger partial charge in [0.15, 0.2) is 6.29 Å². The average molecular weight is 535 g/mol. The number of fused-ring (bicyclic) bond motifs is 3. The number of hydrogen-bond acceptors (Lipinski definition) is 5. The van der Waals surface area contributed by atoms with Crippen molar-refractivity contribution in [2.24, 2.45) is 0 Å². The molecule has 3 aromatic rings. The predicted molar refractivity (Wildman–Crippen MR) is 135 cm³/mol. The molecule has 5 rings (SSSR count). The number of carbonyl (C=O) groups is 1. The zero-order valence-electron chi connectivity index (χ0n) is 20.0. The highest BCUT2D eigenvalue weighted by Crippen LogP contribution is 2.48. The Morgan fingerprint density at radius 3 is 2.59 bits per heavy atom. The number of halogens is 5. The maximum Gasteiger partial charge on any atom is 0.416 e. The maximum absolute atomic E-state index is 14.3. The molecule has 6 nitrogen and oxygen atoms in total. The molecule has 1 amide bonds. The molecule has 0 bridgehead atoms. The van der Waals surface area contributed by atoms with Crippen LogP contribution < -0.4 is 26.0 Å². The number of rotatable bonds is 4. The lowest BCUT2D eigenvalue weighted by molar-refractivity contribution is -0.137. The van der Waals surface area contributed by atoms with Crippen molar-refractivity contribution in [3.05, 3.63) is 75.6 Å². The van der Waals surface area contributed by atoms with Crippen LogP contribution in [0.3, 0.4) is 0 Å². The lowest BCUT2D eigenvalue weighted by atomic mass is 9.97. The van der Waals surface area contributed by atoms with Gasteiger partial charge in [-0.05, 0) is 62.7 Å². The number of benzene rings is 3. The number of para-hydroxylation sites is 1. The van der Waals surface area contributed by atoms with Crippen molar-refractivity contribution < 1.29 is 27.1 Å². The Hall–Kier alpha value is -3.66. The fourth-order valence-corrected chi connectivity index (χ4v) is 4.77. The van der Waals surface area contributed by atoms with Gasteiger partial charge in [-0.1, -0.05) is 17.7 Å². The van der Waals surface area contributed by atoms with E-state index in [0.717, 1.165) is 17.7 Å². The molecule has 4 N–H and O–H groups in total. The van der Waals surface area contributed by atoms with Gasteiger partial charge in [-0.2, -0.15) is 13.2 Å². The number of carbonyl (C=O) groups excluding carboxylic acids is 1. The monoisotopic (exact) mass is 534 g/mol. The molecular weight excluding hydrogens is 512 g/mol. The van der Waals surface area contributed by atoms with Gasteiger partial charge in [-0.3, -0.25) is 4.79 Å². The Labute approximate surface area is 215 Å². The van der Waals surface area contributed by atoms with Crippen molar-refractivity contribution in [2.45, 2.75) is 45.3 Å². The Morgan fingerprint density at radius 1 is 1.16 bits per heavy atom. The van der Waals surface area contributed by atoms with E-state index in [1.54, 1.807) is 12.1 Å². The Balaban J connectivity index is 1.45. The summed E-state index contributed by atoms with van der Waals surface area (Å²) in [6.45, 7) is 5.27. The number of ether oxygens (including phenoxy) is 1. The molecule has 0 spiro atoms. The summed E-state index contributed by atoms with van der Waals surface area (Å²) in [5, 5.41) is 12.3. The minimum Gasteiger partial charge on any atom is -0.486 e. The van der Waals surface area contributed by atoms with E-state index in [9.17, 15) is 22.4 Å². The summed E-state index contributed by atoms with van der Waals surface area (Å²) in [6.07, 6.45) is -4.62. The fourth-order valence-electron chi connectivity index (χ4n) is 4.55. The van der Waals surface area contributed by atoms with Crippen LogP contribution in [0.1, 0.15) is 40.9 Å². The Morgan fingerprint density at radius 2 is 1.92 bits per heavy atom. The highest BCUT2D eigenvalue weighted by atomic mass is 35.5. The van der Waals surface area contributed by atoms with Crippen LogP contribution in [0.15, 0.2) is 42.5 Å². The SMILES string of the molecule is Cc1cc(C(F)(F)F)ccc1NC(=O)c1cc2c(c3c1OC(C)(C)C3)NC(Nc1c(F)cccc1Cl)N2. The number of nitrogens with one attached hydrogen (secondary N) is 4. The zero-order chi connectivity index (χ0) is 26.7. The third-order valence-corrected chi connectivity index (χ3v) is 6.56. The molecule has 11 heteroatoms. The van der Waals surface area contributed by atoms with Crippen LogP contribution in [0.5, 0.6) is 5.75 Å². The normalized spacial score (nSPS) is 17.2. The number of aryl methyl sites for hydroxylation is 1. The van der Waals surface area contributed by atoms with Gasteiger partial charge in [-0.15, -0.1) is 0 Å². The van der Waals surface area contributed by atoms with Gasteiger partial charge in [0.05, 0.1) is 33.2 Å². The molecule has 2 aliphatic rings. The first-order chi connectivity index (χ1) is 17.3. The summed E-state index contributed by atoms with van der Waals surface area (Å²) in [4.78, 5) is 13.3. The van der Waals surface area contributed by atoms with E-state index in [2.05, 4.69) is 21.3 Å². The van der Waals surface area contributed by atoms with Crippen molar-refractivity contribution in [2.75, 3.05) is 21.3 Å². The van der Waals surface area contributed by atoms with Crippen LogP contribution in [0.25, 0.3) is 0 Å². The molecular formula is C26H23ClF4N4O2. The molecule has 194 valence electrons. The lowest BCUT2D eigenvalue weighted by Gasteiger charge is -2.19. The van der Waals surface area contributed by atoms with E-state index in [-0.39, 0.29) is 27.5 Å². The summed E-state index contributed by atoms with van der Waals surface area (Å²) in [5.41, 5.74) is 1.51. The molecule has 1 atom stereocenters. The van der Waals surface area contributed by atoms with E-state index >= 15 is 0 Å². The molecule has 0 saturated heterocycles. The lowest BCUT2D eigenvalue weighted by Crippen LogP contribution is -2.32. The highest BCUT2D eigenvalue weighted by Gasteiger charge is 2.39. The minimum atomic E-state index is -4.48. The highest BCUT2D eigenvalue weighted by molar-refractivity contribution is 6.33. The van der Waals surface area contributed by atoms with Crippen LogP contribution >= 0.6 is 11.6 Å². The van der Waals surface area contributed by atoms with E-state index in [0.29, 0.717) is 23.5 Å². The van der Waals surface area contributed by atoms with Crippen molar-refractivity contribution >= 4 is 40.3 Å². The maximum atomic E-state index is 14.3. The van der Waals surface area contributed by atoms with E-state index in [1.807, 2.05) is 13.8 Å². The molecule has 0 aromatic heterocycles. The third-order valence-electron chi connectivity index (χ3n) is 6.25. The second-order valence-electron chi connectivity index (χ2n) is 9.64. The van der Waals surface area contributed by atoms with Crippen molar-refractivity contribution in [1.29, 1.82) is 0 Å². The van der Waals surface area contributed by atoms with Gasteiger partial charge in [0.1, 0.15) is 17.2 Å². The van der Waals surface area contributed by atoms with Crippen molar-refractivity contribution in [3.8, 4) is 5.75 Å². The van der Waals surface area contributed by atoms with E-state index in [4.69, 9.17) is 16.3 Å². The number of anilines is 4. The largest absolute Gasteiger partial charge is 0.486 e. The molecule has 0 saturated carbocycles. The average Bonchev–Trinajstić information content (AvgIpc) is 3.35. The molecule has 3 aromatic carbocycles. The van der Waals surface area contributed by atoms with Crippen molar-refractivity contribution in [3.63, 3.8) is 0 Å². The summed E-state index contributed by atoms with van der Waals surface area (Å²) < 4.78 is 59.6. The fraction of sp³-hybridized carbons (Fsp3) is 0.269. The van der Waals surface area contributed by atoms with Gasteiger partial charge in [0.25, 0.3) is 5.91 Å². The smallest absolute Gasteiger partial charge is 0.416 e. The summed E-state index contributed by atoms with van der Waals surface area (Å²) in [6, 6.07) is 9.09. The zero-order valence-corrected chi connectivity index (χ0v) is 20.8. The first-order valence-corrected chi connectivity index (χ1v) is 11.8. The van der Waals surface area contributed by atoms with Crippen LogP contribution in [0, 0.1) is 12.7 Å². The molecule has 0 aliphatic carbocycles. The summed E-state index contributed by atoms with van der Waals surface area (Å²) in [7, 11) is 0. The molecule has 2 aliphatic heterocycles. The summed E-state index contributed by atoms with van der Waals surface area (Å²) in [5.74, 6) is -0.673. The van der Waals surface area contributed by atoms with Crippen LogP contribution in [-0.2, 0) is 12.6 Å². The van der Waals surface area contributed by atoms with Crippen molar-refractivity contribution in [1.82, 2.24) is 0 Å². The second-order valence-corrected chi connectivity index (χ2v) is 10.0. The first kappa shape index (κ1) is 25.0. The summed E-state index contributed by atoms with van der Waals surface area (Å²) >= 11 is 6.15. The van der Waals surface area contributed by atoms with Gasteiger partial charge in [-0.25, -0.2) is 4.39 Å². The first-order valence-electron chi connectivity index (χ1n) is 11.4. The van der Waals surface area contributed by atoms with Gasteiger partial charge < -0.3 is 26.0 Å². The minimum absolute atomic E-state index is 0.117. The van der Waals surface area contributed by atoms with Crippen LogP contribution in [0.2, 0.25) is 5.02 Å². The molecule has 0 radical (unpaired) electrons. The molecule has 0 fully saturated rings. The Kier molecular flexibility index (Phi) is 5.90. The van der Waals surface area contributed by atoms with Crippen LogP contribution in [0.4, 0.5) is 40.3 Å². The van der Waals surface area contributed by atoms with E-state index < -0.39 is 35.4 Å². The molecule has 37 heavy (non-hydrogen) atoms. The number of amides is 1.